The standard InChI is InChI=1S/C14H23NO2/c1-2-3-4-5-6-14(17)11-15-12-7-9-13(16)10-8-12/h7-10,14-17H,2-6,11H2,1H3. The zero-order valence-electron chi connectivity index (χ0n) is 10.5. The molecule has 1 unspecified atom stereocenters. The largest absolute Gasteiger partial charge is 0.508 e. The highest BCUT2D eigenvalue weighted by molar-refractivity contribution is 5.45. The van der Waals surface area contributed by atoms with E-state index in [0.29, 0.717) is 6.54 Å². The first kappa shape index (κ1) is 13.8. The van der Waals surface area contributed by atoms with Crippen molar-refractivity contribution in [3.8, 4) is 5.75 Å². The Morgan fingerprint density at radius 3 is 2.47 bits per heavy atom. The first-order valence-corrected chi connectivity index (χ1v) is 6.43. The second-order valence-corrected chi connectivity index (χ2v) is 4.43. The second-order valence-electron chi connectivity index (χ2n) is 4.43. The highest BCUT2D eigenvalue weighted by Gasteiger charge is 2.03. The van der Waals surface area contributed by atoms with Gasteiger partial charge in [0.2, 0.25) is 0 Å². The number of aliphatic hydroxyl groups is 1. The van der Waals surface area contributed by atoms with Crippen LogP contribution in [0.25, 0.3) is 0 Å². The molecule has 0 radical (unpaired) electrons. The summed E-state index contributed by atoms with van der Waals surface area (Å²) in [4.78, 5) is 0. The van der Waals surface area contributed by atoms with E-state index in [-0.39, 0.29) is 11.9 Å². The Labute approximate surface area is 103 Å². The molecule has 3 N–H and O–H groups in total. The van der Waals surface area contributed by atoms with Crippen LogP contribution in [0.2, 0.25) is 0 Å². The van der Waals surface area contributed by atoms with Crippen molar-refractivity contribution in [1.82, 2.24) is 0 Å². The SMILES string of the molecule is CCCCCCC(O)CNc1ccc(O)cc1. The van der Waals surface area contributed by atoms with Gasteiger partial charge in [0, 0.05) is 12.2 Å². The number of hydrogen-bond acceptors (Lipinski definition) is 3. The van der Waals surface area contributed by atoms with Gasteiger partial charge in [-0.2, -0.15) is 0 Å². The topological polar surface area (TPSA) is 52.5 Å². The quantitative estimate of drug-likeness (QED) is 0.481. The predicted molar refractivity (Wildman–Crippen MR) is 71.4 cm³/mol. The molecular weight excluding hydrogens is 214 g/mol. The van der Waals surface area contributed by atoms with Gasteiger partial charge in [0.25, 0.3) is 0 Å². The molecule has 3 heteroatoms. The Hall–Kier alpha value is -1.22. The molecule has 0 saturated carbocycles. The number of unbranched alkanes of at least 4 members (excludes halogenated alkanes) is 3. The summed E-state index contributed by atoms with van der Waals surface area (Å²) < 4.78 is 0. The van der Waals surface area contributed by atoms with Gasteiger partial charge in [-0.1, -0.05) is 32.6 Å². The summed E-state index contributed by atoms with van der Waals surface area (Å²) in [5, 5.41) is 22.0. The number of anilines is 1. The molecule has 0 heterocycles. The minimum absolute atomic E-state index is 0.260. The molecule has 0 bridgehead atoms. The molecule has 0 fully saturated rings. The predicted octanol–water partition coefficient (Wildman–Crippen LogP) is 3.14. The Bertz CT molecular complexity index is 298. The van der Waals surface area contributed by atoms with Crippen molar-refractivity contribution in [1.29, 1.82) is 0 Å². The molecule has 0 aliphatic heterocycles. The Morgan fingerprint density at radius 2 is 1.82 bits per heavy atom. The number of rotatable bonds is 8. The maximum atomic E-state index is 9.75. The van der Waals surface area contributed by atoms with E-state index >= 15 is 0 Å². The Balaban J connectivity index is 2.14. The van der Waals surface area contributed by atoms with Crippen LogP contribution in [0.5, 0.6) is 5.75 Å². The summed E-state index contributed by atoms with van der Waals surface area (Å²) >= 11 is 0. The number of nitrogens with one attached hydrogen (secondary N) is 1. The molecule has 1 aromatic carbocycles. The van der Waals surface area contributed by atoms with Gasteiger partial charge in [0.05, 0.1) is 6.10 Å². The summed E-state index contributed by atoms with van der Waals surface area (Å²) in [7, 11) is 0. The normalized spacial score (nSPS) is 12.4. The number of hydrogen-bond donors (Lipinski definition) is 3. The van der Waals surface area contributed by atoms with Crippen LogP contribution in [0.15, 0.2) is 24.3 Å². The molecule has 1 atom stereocenters. The number of benzene rings is 1. The molecule has 96 valence electrons. The van der Waals surface area contributed by atoms with E-state index in [4.69, 9.17) is 5.11 Å². The molecule has 0 spiro atoms. The maximum Gasteiger partial charge on any atom is 0.115 e. The number of phenols is 1. The molecule has 3 nitrogen and oxygen atoms in total. The molecular formula is C14H23NO2. The third kappa shape index (κ3) is 6.17. The molecule has 0 amide bonds. The smallest absolute Gasteiger partial charge is 0.115 e. The van der Waals surface area contributed by atoms with Crippen LogP contribution >= 0.6 is 0 Å². The van der Waals surface area contributed by atoms with E-state index in [1.54, 1.807) is 24.3 Å². The second kappa shape index (κ2) is 7.96. The van der Waals surface area contributed by atoms with Crippen molar-refractivity contribution in [3.63, 3.8) is 0 Å². The minimum Gasteiger partial charge on any atom is -0.508 e. The zero-order chi connectivity index (χ0) is 12.5. The van der Waals surface area contributed by atoms with Gasteiger partial charge in [-0.15, -0.1) is 0 Å². The van der Waals surface area contributed by atoms with Crippen LogP contribution in [0.1, 0.15) is 39.0 Å². The van der Waals surface area contributed by atoms with Gasteiger partial charge in [-0.3, -0.25) is 0 Å². The van der Waals surface area contributed by atoms with Crippen LogP contribution < -0.4 is 5.32 Å². The summed E-state index contributed by atoms with van der Waals surface area (Å²) in [6.45, 7) is 2.75. The lowest BCUT2D eigenvalue weighted by Crippen LogP contribution is -2.19. The van der Waals surface area contributed by atoms with Crippen LogP contribution in [0.4, 0.5) is 5.69 Å². The third-order valence-electron chi connectivity index (χ3n) is 2.80. The lowest BCUT2D eigenvalue weighted by atomic mass is 10.1. The third-order valence-corrected chi connectivity index (χ3v) is 2.80. The molecule has 0 saturated heterocycles. The zero-order valence-corrected chi connectivity index (χ0v) is 10.5. The van der Waals surface area contributed by atoms with Crippen LogP contribution in [0, 0.1) is 0 Å². The lowest BCUT2D eigenvalue weighted by molar-refractivity contribution is 0.173. The highest BCUT2D eigenvalue weighted by atomic mass is 16.3. The van der Waals surface area contributed by atoms with E-state index in [1.807, 2.05) is 0 Å². The van der Waals surface area contributed by atoms with Crippen LogP contribution in [-0.2, 0) is 0 Å². The van der Waals surface area contributed by atoms with Crippen molar-refractivity contribution in [2.45, 2.75) is 45.1 Å². The fraction of sp³-hybridized carbons (Fsp3) is 0.571. The van der Waals surface area contributed by atoms with Crippen LogP contribution in [0.3, 0.4) is 0 Å². The van der Waals surface area contributed by atoms with E-state index in [0.717, 1.165) is 18.5 Å². The monoisotopic (exact) mass is 237 g/mol. The highest BCUT2D eigenvalue weighted by Crippen LogP contribution is 2.14. The van der Waals surface area contributed by atoms with Crippen LogP contribution in [-0.4, -0.2) is 22.9 Å². The minimum atomic E-state index is -0.291. The fourth-order valence-electron chi connectivity index (χ4n) is 1.72. The van der Waals surface area contributed by atoms with Gasteiger partial charge >= 0.3 is 0 Å². The van der Waals surface area contributed by atoms with Gasteiger partial charge in [-0.05, 0) is 30.7 Å². The van der Waals surface area contributed by atoms with Crippen molar-refractivity contribution in [2.75, 3.05) is 11.9 Å². The summed E-state index contributed by atoms with van der Waals surface area (Å²) in [6, 6.07) is 6.88. The molecule has 1 aromatic rings. The van der Waals surface area contributed by atoms with E-state index in [2.05, 4.69) is 12.2 Å². The summed E-state index contributed by atoms with van der Waals surface area (Å²) in [6.07, 6.45) is 5.32. The maximum absolute atomic E-state index is 9.75. The van der Waals surface area contributed by atoms with Crippen molar-refractivity contribution in [3.05, 3.63) is 24.3 Å². The molecule has 0 aliphatic rings. The summed E-state index contributed by atoms with van der Waals surface area (Å²) in [5.41, 5.74) is 0.926. The first-order valence-electron chi connectivity index (χ1n) is 6.43. The van der Waals surface area contributed by atoms with E-state index in [9.17, 15) is 5.11 Å². The fourth-order valence-corrected chi connectivity index (χ4v) is 1.72. The average Bonchev–Trinajstić information content (AvgIpc) is 2.34. The number of aromatic hydroxyl groups is 1. The Morgan fingerprint density at radius 1 is 1.12 bits per heavy atom. The van der Waals surface area contributed by atoms with E-state index < -0.39 is 0 Å². The number of phenolic OH excluding ortho intramolecular Hbond substituents is 1. The van der Waals surface area contributed by atoms with E-state index in [1.165, 1.54) is 19.3 Å². The average molecular weight is 237 g/mol. The van der Waals surface area contributed by atoms with Gasteiger partial charge in [-0.25, -0.2) is 0 Å². The Kier molecular flexibility index (Phi) is 6.48. The van der Waals surface area contributed by atoms with Crippen molar-refractivity contribution >= 4 is 5.69 Å². The first-order chi connectivity index (χ1) is 8.22. The molecule has 0 aliphatic carbocycles. The van der Waals surface area contributed by atoms with Gasteiger partial charge in [0.1, 0.15) is 5.75 Å². The van der Waals surface area contributed by atoms with Gasteiger partial charge < -0.3 is 15.5 Å². The molecule has 0 aromatic heterocycles. The molecule has 17 heavy (non-hydrogen) atoms. The van der Waals surface area contributed by atoms with Crippen molar-refractivity contribution < 1.29 is 10.2 Å². The van der Waals surface area contributed by atoms with Crippen molar-refractivity contribution in [2.24, 2.45) is 0 Å². The summed E-state index contributed by atoms with van der Waals surface area (Å²) in [5.74, 6) is 0.260. The van der Waals surface area contributed by atoms with Gasteiger partial charge in [0.15, 0.2) is 0 Å². The lowest BCUT2D eigenvalue weighted by Gasteiger charge is -2.12. The number of aliphatic hydroxyl groups excluding tert-OH is 1. The molecule has 1 rings (SSSR count).